The Kier molecular flexibility index (Phi) is 5.51. The van der Waals surface area contributed by atoms with Crippen LogP contribution in [0, 0.1) is 0 Å². The molecular weight excluding hydrogens is 318 g/mol. The molecule has 1 aliphatic rings. The van der Waals surface area contributed by atoms with Crippen molar-refractivity contribution < 1.29 is 14.3 Å². The van der Waals surface area contributed by atoms with E-state index in [2.05, 4.69) is 10.6 Å². The van der Waals surface area contributed by atoms with Crippen molar-refractivity contribution in [3.05, 3.63) is 54.6 Å². The number of para-hydroxylation sites is 1. The summed E-state index contributed by atoms with van der Waals surface area (Å²) < 4.78 is 5.57. The van der Waals surface area contributed by atoms with Crippen molar-refractivity contribution in [1.29, 1.82) is 0 Å². The summed E-state index contributed by atoms with van der Waals surface area (Å²) in [7, 11) is 0. The van der Waals surface area contributed by atoms with E-state index in [9.17, 15) is 9.59 Å². The number of nitrogens with zero attached hydrogens (tertiary/aromatic N) is 1. The molecule has 0 bridgehead atoms. The molecule has 0 radical (unpaired) electrons. The normalized spacial score (nSPS) is 13.4. The van der Waals surface area contributed by atoms with Crippen molar-refractivity contribution in [2.45, 2.75) is 12.8 Å². The number of carbonyl (C=O) groups excluding carboxylic acids is 2. The lowest BCUT2D eigenvalue weighted by Gasteiger charge is -2.14. The monoisotopic (exact) mass is 339 g/mol. The van der Waals surface area contributed by atoms with Gasteiger partial charge in [0.05, 0.1) is 6.61 Å². The zero-order valence-electron chi connectivity index (χ0n) is 13.9. The van der Waals surface area contributed by atoms with Gasteiger partial charge in [-0.05, 0) is 42.8 Å². The van der Waals surface area contributed by atoms with E-state index in [0.29, 0.717) is 32.5 Å². The Bertz CT molecular complexity index is 716. The first-order valence-corrected chi connectivity index (χ1v) is 8.35. The van der Waals surface area contributed by atoms with Gasteiger partial charge in [0.1, 0.15) is 5.75 Å². The molecule has 2 N–H and O–H groups in total. The van der Waals surface area contributed by atoms with E-state index in [4.69, 9.17) is 4.74 Å². The summed E-state index contributed by atoms with van der Waals surface area (Å²) in [5, 5.41) is 5.62. The number of rotatable bonds is 7. The third kappa shape index (κ3) is 4.73. The highest BCUT2D eigenvalue weighted by Gasteiger charge is 2.20. The van der Waals surface area contributed by atoms with Crippen LogP contribution in [-0.2, 0) is 4.79 Å². The summed E-state index contributed by atoms with van der Waals surface area (Å²) >= 11 is 0. The maximum absolute atomic E-state index is 12.0. The fourth-order valence-electron chi connectivity index (χ4n) is 2.61. The predicted molar refractivity (Wildman–Crippen MR) is 97.0 cm³/mol. The number of nitrogens with one attached hydrogen (secondary N) is 2. The zero-order valence-corrected chi connectivity index (χ0v) is 13.9. The van der Waals surface area contributed by atoms with Gasteiger partial charge in [0.25, 0.3) is 0 Å². The van der Waals surface area contributed by atoms with Crippen LogP contribution in [0.4, 0.5) is 16.2 Å². The number of hydrogen-bond acceptors (Lipinski definition) is 3. The Hall–Kier alpha value is -3.02. The molecular formula is C19H21N3O3. The number of ether oxygens (including phenoxy) is 1. The molecule has 1 heterocycles. The van der Waals surface area contributed by atoms with Crippen molar-refractivity contribution in [3.8, 4) is 5.75 Å². The maximum Gasteiger partial charge on any atom is 0.321 e. The standard InChI is InChI=1S/C19H21N3O3/c23-18(7-4-14-25-17-5-2-1-3-6-17)21-15-8-10-16(11-9-15)22-13-12-20-19(22)24/h1-3,5-6,8-11H,4,7,12-14H2,(H,20,24)(H,21,23). The minimum absolute atomic E-state index is 0.0525. The minimum atomic E-state index is -0.0878. The Balaban J connectivity index is 1.41. The first-order chi connectivity index (χ1) is 12.2. The van der Waals surface area contributed by atoms with Crippen molar-refractivity contribution >= 4 is 23.3 Å². The van der Waals surface area contributed by atoms with Gasteiger partial charge in [-0.3, -0.25) is 9.69 Å². The molecule has 0 aliphatic carbocycles. The lowest BCUT2D eigenvalue weighted by Crippen LogP contribution is -2.27. The largest absolute Gasteiger partial charge is 0.494 e. The lowest BCUT2D eigenvalue weighted by molar-refractivity contribution is -0.116. The van der Waals surface area contributed by atoms with Crippen LogP contribution in [0.5, 0.6) is 5.75 Å². The van der Waals surface area contributed by atoms with E-state index >= 15 is 0 Å². The van der Waals surface area contributed by atoms with E-state index in [-0.39, 0.29) is 11.9 Å². The van der Waals surface area contributed by atoms with E-state index < -0.39 is 0 Å². The summed E-state index contributed by atoms with van der Waals surface area (Å²) in [6, 6.07) is 16.7. The third-order valence-electron chi connectivity index (χ3n) is 3.88. The van der Waals surface area contributed by atoms with Gasteiger partial charge in [0.2, 0.25) is 5.91 Å². The molecule has 0 saturated carbocycles. The Labute approximate surface area is 146 Å². The maximum atomic E-state index is 12.0. The number of amides is 3. The molecule has 2 aromatic carbocycles. The topological polar surface area (TPSA) is 70.7 Å². The smallest absolute Gasteiger partial charge is 0.321 e. The van der Waals surface area contributed by atoms with Crippen LogP contribution in [0.1, 0.15) is 12.8 Å². The second-order valence-electron chi connectivity index (χ2n) is 5.74. The fraction of sp³-hybridized carbons (Fsp3) is 0.263. The molecule has 0 atom stereocenters. The number of anilines is 2. The second-order valence-corrected chi connectivity index (χ2v) is 5.74. The highest BCUT2D eigenvalue weighted by Crippen LogP contribution is 2.19. The summed E-state index contributed by atoms with van der Waals surface area (Å²) in [5.41, 5.74) is 1.54. The van der Waals surface area contributed by atoms with E-state index in [1.165, 1.54) is 0 Å². The second kappa shape index (κ2) is 8.19. The van der Waals surface area contributed by atoms with Crippen LogP contribution in [0.3, 0.4) is 0 Å². The summed E-state index contributed by atoms with van der Waals surface area (Å²) in [6.07, 6.45) is 1.04. The molecule has 0 aromatic heterocycles. The van der Waals surface area contributed by atoms with Crippen molar-refractivity contribution in [2.75, 3.05) is 29.9 Å². The quantitative estimate of drug-likeness (QED) is 0.762. The van der Waals surface area contributed by atoms with Gasteiger partial charge in [-0.1, -0.05) is 18.2 Å². The molecule has 0 unspecified atom stereocenters. The van der Waals surface area contributed by atoms with Crippen molar-refractivity contribution in [1.82, 2.24) is 5.32 Å². The first kappa shape index (κ1) is 16.8. The number of carbonyl (C=O) groups is 2. The Morgan fingerprint density at radius 2 is 1.88 bits per heavy atom. The van der Waals surface area contributed by atoms with Gasteiger partial charge in [0.15, 0.2) is 0 Å². The summed E-state index contributed by atoms with van der Waals surface area (Å²) in [6.45, 7) is 1.81. The van der Waals surface area contributed by atoms with Gasteiger partial charge in [0, 0.05) is 30.9 Å². The van der Waals surface area contributed by atoms with Gasteiger partial charge in [-0.2, -0.15) is 0 Å². The number of hydrogen-bond donors (Lipinski definition) is 2. The predicted octanol–water partition coefficient (Wildman–Crippen LogP) is 3.01. The average Bonchev–Trinajstić information content (AvgIpc) is 3.06. The molecule has 1 saturated heterocycles. The summed E-state index contributed by atoms with van der Waals surface area (Å²) in [4.78, 5) is 25.3. The molecule has 1 aliphatic heterocycles. The first-order valence-electron chi connectivity index (χ1n) is 8.35. The van der Waals surface area contributed by atoms with Crippen molar-refractivity contribution in [2.24, 2.45) is 0 Å². The van der Waals surface area contributed by atoms with Gasteiger partial charge >= 0.3 is 6.03 Å². The van der Waals surface area contributed by atoms with Crippen molar-refractivity contribution in [3.63, 3.8) is 0 Å². The summed E-state index contributed by atoms with van der Waals surface area (Å²) in [5.74, 6) is 0.757. The van der Waals surface area contributed by atoms with Crippen LogP contribution in [0.25, 0.3) is 0 Å². The van der Waals surface area contributed by atoms with Gasteiger partial charge in [-0.15, -0.1) is 0 Å². The lowest BCUT2D eigenvalue weighted by atomic mass is 10.2. The van der Waals surface area contributed by atoms with Crippen LogP contribution in [-0.4, -0.2) is 31.6 Å². The highest BCUT2D eigenvalue weighted by atomic mass is 16.5. The Morgan fingerprint density at radius 1 is 1.12 bits per heavy atom. The average molecular weight is 339 g/mol. The molecule has 3 rings (SSSR count). The highest BCUT2D eigenvalue weighted by molar-refractivity contribution is 5.95. The number of urea groups is 1. The van der Waals surface area contributed by atoms with Crippen LogP contribution >= 0.6 is 0 Å². The fourth-order valence-corrected chi connectivity index (χ4v) is 2.61. The van der Waals surface area contributed by atoms with E-state index in [1.807, 2.05) is 42.5 Å². The molecule has 3 amide bonds. The van der Waals surface area contributed by atoms with Gasteiger partial charge in [-0.25, -0.2) is 4.79 Å². The SMILES string of the molecule is O=C(CCCOc1ccccc1)Nc1ccc(N2CCNC2=O)cc1. The molecule has 2 aromatic rings. The van der Waals surface area contributed by atoms with Crippen LogP contribution in [0.15, 0.2) is 54.6 Å². The molecule has 130 valence electrons. The molecule has 6 heteroatoms. The third-order valence-corrected chi connectivity index (χ3v) is 3.88. The van der Waals surface area contributed by atoms with E-state index in [1.54, 1.807) is 17.0 Å². The number of benzene rings is 2. The molecule has 6 nitrogen and oxygen atoms in total. The molecule has 0 spiro atoms. The molecule has 25 heavy (non-hydrogen) atoms. The van der Waals surface area contributed by atoms with Crippen LogP contribution in [0.2, 0.25) is 0 Å². The van der Waals surface area contributed by atoms with Crippen LogP contribution < -0.4 is 20.3 Å². The zero-order chi connectivity index (χ0) is 17.5. The van der Waals surface area contributed by atoms with E-state index in [0.717, 1.165) is 17.1 Å². The Morgan fingerprint density at radius 3 is 2.56 bits per heavy atom. The molecule has 1 fully saturated rings. The van der Waals surface area contributed by atoms with Gasteiger partial charge < -0.3 is 15.4 Å². The minimum Gasteiger partial charge on any atom is -0.494 e.